The molecule has 0 aliphatic carbocycles. The van der Waals surface area contributed by atoms with E-state index in [1.165, 1.54) is 0 Å². The summed E-state index contributed by atoms with van der Waals surface area (Å²) in [6, 6.07) is 3.90. The molecule has 1 rings (SSSR count). The minimum atomic E-state index is -0.296. The fourth-order valence-corrected chi connectivity index (χ4v) is 2.25. The molecule has 0 spiro atoms. The summed E-state index contributed by atoms with van der Waals surface area (Å²) in [5.74, 6) is 1.62. The average molecular weight is 418 g/mol. The standard InChI is InChI=1S/C20H29Cl2NO4/c1-6-16-14-17(25-9-7-18(21)22)13-15(2)19(16)26-12-11-24-10-8-23-27-20(3,4)5/h7-8,13-14H,6,9-12H2,1-5H3/b23-8-. The number of rotatable bonds is 11. The molecule has 0 aliphatic rings. The summed E-state index contributed by atoms with van der Waals surface area (Å²) in [6.07, 6.45) is 4.03. The van der Waals surface area contributed by atoms with Crippen LogP contribution >= 0.6 is 23.2 Å². The van der Waals surface area contributed by atoms with E-state index >= 15 is 0 Å². The quantitative estimate of drug-likeness (QED) is 0.272. The fourth-order valence-electron chi connectivity index (χ4n) is 2.13. The summed E-state index contributed by atoms with van der Waals surface area (Å²) in [5, 5.41) is 3.86. The van der Waals surface area contributed by atoms with Gasteiger partial charge in [0, 0.05) is 0 Å². The molecule has 0 aliphatic heterocycles. The Hall–Kier alpha value is -1.43. The smallest absolute Gasteiger partial charge is 0.129 e. The zero-order chi connectivity index (χ0) is 20.3. The zero-order valence-electron chi connectivity index (χ0n) is 16.7. The molecular weight excluding hydrogens is 389 g/mol. The monoisotopic (exact) mass is 417 g/mol. The summed E-state index contributed by atoms with van der Waals surface area (Å²) in [5.41, 5.74) is 1.78. The molecule has 0 aromatic heterocycles. The van der Waals surface area contributed by atoms with Crippen LogP contribution in [0.3, 0.4) is 0 Å². The fraction of sp³-hybridized carbons (Fsp3) is 0.550. The van der Waals surface area contributed by atoms with Gasteiger partial charge in [-0.25, -0.2) is 0 Å². The van der Waals surface area contributed by atoms with Crippen molar-refractivity contribution in [2.45, 2.75) is 46.6 Å². The Balaban J connectivity index is 2.47. The predicted octanol–water partition coefficient (Wildman–Crippen LogP) is 5.45. The topological polar surface area (TPSA) is 49.3 Å². The van der Waals surface area contributed by atoms with Crippen LogP contribution in [0.5, 0.6) is 11.5 Å². The van der Waals surface area contributed by atoms with Crippen molar-refractivity contribution < 1.29 is 19.0 Å². The van der Waals surface area contributed by atoms with Crippen molar-refractivity contribution in [2.24, 2.45) is 5.16 Å². The molecule has 7 heteroatoms. The van der Waals surface area contributed by atoms with E-state index in [1.54, 1.807) is 12.3 Å². The van der Waals surface area contributed by atoms with E-state index in [0.29, 0.717) is 26.4 Å². The van der Waals surface area contributed by atoms with Gasteiger partial charge < -0.3 is 19.0 Å². The highest BCUT2D eigenvalue weighted by Crippen LogP contribution is 2.29. The van der Waals surface area contributed by atoms with Crippen LogP contribution in [0, 0.1) is 6.92 Å². The summed E-state index contributed by atoms with van der Waals surface area (Å²) in [6.45, 7) is 11.5. The van der Waals surface area contributed by atoms with E-state index in [-0.39, 0.29) is 10.1 Å². The maximum Gasteiger partial charge on any atom is 0.129 e. The van der Waals surface area contributed by atoms with Gasteiger partial charge in [-0.3, -0.25) is 0 Å². The molecule has 0 fully saturated rings. The van der Waals surface area contributed by atoms with E-state index < -0.39 is 0 Å². The Labute approximate surface area is 172 Å². The molecule has 5 nitrogen and oxygen atoms in total. The number of aryl methyl sites for hydroxylation is 2. The van der Waals surface area contributed by atoms with Crippen LogP contribution in [-0.4, -0.2) is 38.2 Å². The highest BCUT2D eigenvalue weighted by Gasteiger charge is 2.10. The average Bonchev–Trinajstić information content (AvgIpc) is 2.57. The summed E-state index contributed by atoms with van der Waals surface area (Å²) < 4.78 is 17.2. The highest BCUT2D eigenvalue weighted by atomic mass is 35.5. The van der Waals surface area contributed by atoms with Gasteiger partial charge in [0.15, 0.2) is 0 Å². The van der Waals surface area contributed by atoms with Gasteiger partial charge >= 0.3 is 0 Å². The Morgan fingerprint density at radius 3 is 2.48 bits per heavy atom. The number of ether oxygens (including phenoxy) is 3. The number of halogens is 2. The van der Waals surface area contributed by atoms with Crippen molar-refractivity contribution in [3.8, 4) is 11.5 Å². The van der Waals surface area contributed by atoms with Gasteiger partial charge in [-0.1, -0.05) is 35.3 Å². The lowest BCUT2D eigenvalue weighted by molar-refractivity contribution is 0.000527. The molecule has 0 bridgehead atoms. The molecular formula is C20H29Cl2NO4. The summed E-state index contributed by atoms with van der Waals surface area (Å²) in [7, 11) is 0. The molecule has 152 valence electrons. The Morgan fingerprint density at radius 2 is 1.85 bits per heavy atom. The first-order valence-corrected chi connectivity index (χ1v) is 9.66. The molecule has 0 atom stereocenters. The lowest BCUT2D eigenvalue weighted by Crippen LogP contribution is -2.16. The lowest BCUT2D eigenvalue weighted by atomic mass is 10.1. The molecule has 0 unspecified atom stereocenters. The van der Waals surface area contributed by atoms with E-state index in [0.717, 1.165) is 29.0 Å². The molecule has 1 aromatic rings. The first kappa shape index (κ1) is 23.6. The van der Waals surface area contributed by atoms with Crippen molar-refractivity contribution in [1.82, 2.24) is 0 Å². The largest absolute Gasteiger partial charge is 0.491 e. The van der Waals surface area contributed by atoms with Gasteiger partial charge in [0.2, 0.25) is 0 Å². The number of nitrogens with zero attached hydrogens (tertiary/aromatic N) is 1. The summed E-state index contributed by atoms with van der Waals surface area (Å²) >= 11 is 11.2. The number of oxime groups is 1. The maximum absolute atomic E-state index is 5.91. The third kappa shape index (κ3) is 10.5. The van der Waals surface area contributed by atoms with Crippen LogP contribution in [0.2, 0.25) is 0 Å². The molecule has 0 radical (unpaired) electrons. The molecule has 0 heterocycles. The second kappa shape index (κ2) is 12.1. The van der Waals surface area contributed by atoms with Crippen molar-refractivity contribution in [1.29, 1.82) is 0 Å². The molecule has 27 heavy (non-hydrogen) atoms. The first-order chi connectivity index (χ1) is 12.7. The van der Waals surface area contributed by atoms with Crippen molar-refractivity contribution >= 4 is 29.4 Å². The normalized spacial score (nSPS) is 11.5. The Morgan fingerprint density at radius 1 is 1.11 bits per heavy atom. The van der Waals surface area contributed by atoms with Gasteiger partial charge in [0.05, 0.1) is 19.4 Å². The van der Waals surface area contributed by atoms with Crippen LogP contribution in [0.4, 0.5) is 0 Å². The Bertz CT molecular complexity index is 636. The van der Waals surface area contributed by atoms with Crippen LogP contribution in [0.25, 0.3) is 0 Å². The van der Waals surface area contributed by atoms with Gasteiger partial charge in [0.1, 0.15) is 34.8 Å². The molecule has 1 aromatic carbocycles. The summed E-state index contributed by atoms with van der Waals surface area (Å²) in [4.78, 5) is 5.23. The highest BCUT2D eigenvalue weighted by molar-refractivity contribution is 6.55. The number of hydrogen-bond acceptors (Lipinski definition) is 5. The van der Waals surface area contributed by atoms with Crippen LogP contribution < -0.4 is 9.47 Å². The lowest BCUT2D eigenvalue weighted by Gasteiger charge is -2.16. The number of hydrogen-bond donors (Lipinski definition) is 0. The van der Waals surface area contributed by atoms with Crippen LogP contribution in [0.15, 0.2) is 27.9 Å². The molecule has 0 saturated heterocycles. The van der Waals surface area contributed by atoms with E-state index in [1.807, 2.05) is 39.8 Å². The van der Waals surface area contributed by atoms with Gasteiger partial charge in [-0.2, -0.15) is 0 Å². The van der Waals surface area contributed by atoms with Crippen molar-refractivity contribution in [3.63, 3.8) is 0 Å². The van der Waals surface area contributed by atoms with Gasteiger partial charge in [0.25, 0.3) is 0 Å². The van der Waals surface area contributed by atoms with E-state index in [4.69, 9.17) is 42.3 Å². The van der Waals surface area contributed by atoms with Crippen molar-refractivity contribution in [2.75, 3.05) is 26.4 Å². The van der Waals surface area contributed by atoms with E-state index in [9.17, 15) is 0 Å². The molecule has 0 amide bonds. The third-order valence-corrected chi connectivity index (χ3v) is 3.57. The van der Waals surface area contributed by atoms with Crippen LogP contribution in [-0.2, 0) is 16.0 Å². The first-order valence-electron chi connectivity index (χ1n) is 8.91. The number of benzene rings is 1. The maximum atomic E-state index is 5.91. The van der Waals surface area contributed by atoms with Crippen LogP contribution in [0.1, 0.15) is 38.8 Å². The second-order valence-corrected chi connectivity index (χ2v) is 7.81. The molecule has 0 saturated carbocycles. The van der Waals surface area contributed by atoms with Gasteiger partial charge in [-0.15, -0.1) is 0 Å². The SMILES string of the molecule is CCc1cc(OCC=C(Cl)Cl)cc(C)c1OCCOC/C=N\OC(C)(C)C. The zero-order valence-corrected chi connectivity index (χ0v) is 18.2. The van der Waals surface area contributed by atoms with Gasteiger partial charge in [-0.05, 0) is 63.5 Å². The van der Waals surface area contributed by atoms with Crippen molar-refractivity contribution in [3.05, 3.63) is 33.8 Å². The Kier molecular flexibility index (Phi) is 10.6. The second-order valence-electron chi connectivity index (χ2n) is 6.80. The third-order valence-electron chi connectivity index (χ3n) is 3.26. The minimum Gasteiger partial charge on any atom is -0.491 e. The predicted molar refractivity (Wildman–Crippen MR) is 111 cm³/mol. The minimum absolute atomic E-state index is 0.192. The molecule has 0 N–H and O–H groups in total. The van der Waals surface area contributed by atoms with E-state index in [2.05, 4.69) is 12.1 Å².